The Morgan fingerprint density at radius 3 is 1.87 bits per heavy atom. The van der Waals surface area contributed by atoms with Crippen LogP contribution >= 0.6 is 0 Å². The van der Waals surface area contributed by atoms with Crippen LogP contribution in [0, 0.1) is 6.07 Å². The Bertz CT molecular complexity index is 1610. The van der Waals surface area contributed by atoms with Gasteiger partial charge >= 0.3 is 0 Å². The van der Waals surface area contributed by atoms with Crippen LogP contribution in [0.3, 0.4) is 0 Å². The van der Waals surface area contributed by atoms with Gasteiger partial charge in [0.1, 0.15) is 0 Å². The third-order valence-electron chi connectivity index (χ3n) is 5.85. The predicted octanol–water partition coefficient (Wildman–Crippen LogP) is 7.33. The summed E-state index contributed by atoms with van der Waals surface area (Å²) in [6.07, 6.45) is 0. The summed E-state index contributed by atoms with van der Waals surface area (Å²) in [7, 11) is 0. The summed E-state index contributed by atoms with van der Waals surface area (Å²) in [5.41, 5.74) is 1.31. The highest BCUT2D eigenvalue weighted by atomic mass is 16.1. The van der Waals surface area contributed by atoms with Crippen molar-refractivity contribution in [3.63, 3.8) is 0 Å². The summed E-state index contributed by atoms with van der Waals surface area (Å²) in [6, 6.07) is 38.3. The van der Waals surface area contributed by atoms with Crippen LogP contribution < -0.4 is 0 Å². The molecular weight excluding hydrogens is 364 g/mol. The van der Waals surface area contributed by atoms with Gasteiger partial charge in [-0.3, -0.25) is 4.79 Å². The molecule has 1 nitrogen and oxygen atoms in total. The van der Waals surface area contributed by atoms with Gasteiger partial charge in [-0.2, -0.15) is 0 Å². The summed E-state index contributed by atoms with van der Waals surface area (Å²) < 4.78 is 0. The van der Waals surface area contributed by atoms with Crippen LogP contribution in [0.1, 0.15) is 15.9 Å². The minimum atomic E-state index is 0.00550. The molecule has 0 aliphatic carbocycles. The molecule has 30 heavy (non-hydrogen) atoms. The average molecular weight is 381 g/mol. The Hall–Kier alpha value is -3.97. The molecular formula is C29H17O. The second kappa shape index (κ2) is 6.53. The van der Waals surface area contributed by atoms with E-state index in [2.05, 4.69) is 60.7 Å². The molecule has 0 heterocycles. The highest BCUT2D eigenvalue weighted by molar-refractivity contribution is 6.18. The molecule has 0 N–H and O–H groups in total. The Kier molecular flexibility index (Phi) is 3.69. The lowest BCUT2D eigenvalue weighted by molar-refractivity contribution is 0.104. The number of benzene rings is 6. The smallest absolute Gasteiger partial charge is 0.194 e. The first kappa shape index (κ1) is 16.9. The third-order valence-corrected chi connectivity index (χ3v) is 5.85. The highest BCUT2D eigenvalue weighted by Crippen LogP contribution is 2.28. The highest BCUT2D eigenvalue weighted by Gasteiger charge is 2.14. The van der Waals surface area contributed by atoms with E-state index in [-0.39, 0.29) is 5.78 Å². The van der Waals surface area contributed by atoms with Gasteiger partial charge in [0.15, 0.2) is 5.78 Å². The standard InChI is InChI=1S/C29H17O/c30-29(25-13-12-23-14-19-6-1-2-8-21(19)16-26(23)17-25)27-11-5-10-24-15-20-7-3-4-9-22(20)18-28(24)27/h1-16,18H. The number of ketones is 1. The van der Waals surface area contributed by atoms with Crippen LogP contribution in [0.2, 0.25) is 0 Å². The van der Waals surface area contributed by atoms with E-state index in [1.807, 2.05) is 48.5 Å². The molecule has 0 saturated carbocycles. The quantitative estimate of drug-likeness (QED) is 0.227. The first-order valence-electron chi connectivity index (χ1n) is 10.1. The summed E-state index contributed by atoms with van der Waals surface area (Å²) in [5.74, 6) is 0.00550. The monoisotopic (exact) mass is 381 g/mol. The van der Waals surface area contributed by atoms with Crippen molar-refractivity contribution < 1.29 is 4.79 Å². The number of hydrogen-bond donors (Lipinski definition) is 0. The topological polar surface area (TPSA) is 17.1 Å². The van der Waals surface area contributed by atoms with E-state index < -0.39 is 0 Å². The van der Waals surface area contributed by atoms with Gasteiger partial charge in [-0.05, 0) is 73.4 Å². The second-order valence-electron chi connectivity index (χ2n) is 7.71. The van der Waals surface area contributed by atoms with Crippen LogP contribution in [0.4, 0.5) is 0 Å². The largest absolute Gasteiger partial charge is 0.289 e. The van der Waals surface area contributed by atoms with Gasteiger partial charge in [-0.15, -0.1) is 0 Å². The van der Waals surface area contributed by atoms with Crippen LogP contribution in [-0.2, 0) is 0 Å². The zero-order chi connectivity index (χ0) is 20.1. The number of fused-ring (bicyclic) bond motifs is 4. The fourth-order valence-corrected chi connectivity index (χ4v) is 4.31. The van der Waals surface area contributed by atoms with Gasteiger partial charge < -0.3 is 0 Å². The second-order valence-corrected chi connectivity index (χ2v) is 7.71. The van der Waals surface area contributed by atoms with Crippen molar-refractivity contribution in [2.75, 3.05) is 0 Å². The molecule has 0 spiro atoms. The summed E-state index contributed by atoms with van der Waals surface area (Å²) in [5, 5.41) is 8.78. The average Bonchev–Trinajstić information content (AvgIpc) is 2.80. The summed E-state index contributed by atoms with van der Waals surface area (Å²) in [4.78, 5) is 13.5. The molecule has 0 amide bonds. The van der Waals surface area contributed by atoms with E-state index in [0.29, 0.717) is 5.56 Å². The number of carbonyl (C=O) groups excluding carboxylic acids is 1. The Morgan fingerprint density at radius 2 is 1.13 bits per heavy atom. The number of hydrogen-bond acceptors (Lipinski definition) is 1. The normalized spacial score (nSPS) is 11.5. The first-order chi connectivity index (χ1) is 14.8. The molecule has 0 aliphatic heterocycles. The first-order valence-corrected chi connectivity index (χ1v) is 10.1. The van der Waals surface area contributed by atoms with Crippen molar-refractivity contribution in [1.82, 2.24) is 0 Å². The molecule has 6 rings (SSSR count). The van der Waals surface area contributed by atoms with Crippen molar-refractivity contribution in [2.24, 2.45) is 0 Å². The van der Waals surface area contributed by atoms with E-state index >= 15 is 0 Å². The fourth-order valence-electron chi connectivity index (χ4n) is 4.31. The zero-order valence-electron chi connectivity index (χ0n) is 16.2. The maximum absolute atomic E-state index is 13.5. The molecule has 0 saturated heterocycles. The molecule has 0 bridgehead atoms. The molecule has 6 aromatic carbocycles. The Balaban J connectivity index is 1.53. The van der Waals surface area contributed by atoms with Crippen molar-refractivity contribution in [1.29, 1.82) is 0 Å². The predicted molar refractivity (Wildman–Crippen MR) is 125 cm³/mol. The van der Waals surface area contributed by atoms with Gasteiger partial charge in [0.2, 0.25) is 0 Å². The van der Waals surface area contributed by atoms with E-state index in [1.54, 1.807) is 0 Å². The van der Waals surface area contributed by atoms with E-state index in [9.17, 15) is 4.79 Å². The van der Waals surface area contributed by atoms with Crippen molar-refractivity contribution >= 4 is 48.9 Å². The summed E-state index contributed by atoms with van der Waals surface area (Å²) >= 11 is 0. The van der Waals surface area contributed by atoms with Gasteiger partial charge in [-0.1, -0.05) is 72.8 Å². The Labute approximate surface area is 174 Å². The SMILES string of the molecule is O=C(c1[c]c2cc3ccccc3cc2cc1)c1cccc2cc3ccccc3cc12. The minimum Gasteiger partial charge on any atom is -0.289 e. The lowest BCUT2D eigenvalue weighted by Gasteiger charge is -2.09. The van der Waals surface area contributed by atoms with Gasteiger partial charge in [-0.25, -0.2) is 0 Å². The fraction of sp³-hybridized carbons (Fsp3) is 0. The number of rotatable bonds is 2. The molecule has 139 valence electrons. The molecule has 0 fully saturated rings. The van der Waals surface area contributed by atoms with Crippen molar-refractivity contribution in [3.05, 3.63) is 120 Å². The lowest BCUT2D eigenvalue weighted by Crippen LogP contribution is -2.02. The van der Waals surface area contributed by atoms with Crippen LogP contribution in [0.25, 0.3) is 43.1 Å². The minimum absolute atomic E-state index is 0.00550. The molecule has 6 aromatic rings. The number of carbonyl (C=O) groups is 1. The third kappa shape index (κ3) is 2.67. The molecule has 0 aliphatic rings. The maximum Gasteiger partial charge on any atom is 0.194 e. The van der Waals surface area contributed by atoms with Crippen LogP contribution in [-0.4, -0.2) is 5.78 Å². The zero-order valence-corrected chi connectivity index (χ0v) is 16.2. The molecule has 0 atom stereocenters. The van der Waals surface area contributed by atoms with Gasteiger partial charge in [0, 0.05) is 17.2 Å². The Morgan fingerprint density at radius 1 is 0.533 bits per heavy atom. The van der Waals surface area contributed by atoms with Crippen LogP contribution in [0.5, 0.6) is 0 Å². The van der Waals surface area contributed by atoms with Gasteiger partial charge in [0.05, 0.1) is 0 Å². The molecule has 0 aromatic heterocycles. The molecule has 1 heteroatoms. The molecule has 0 unspecified atom stereocenters. The van der Waals surface area contributed by atoms with Crippen molar-refractivity contribution in [2.45, 2.75) is 0 Å². The summed E-state index contributed by atoms with van der Waals surface area (Å²) in [6.45, 7) is 0. The maximum atomic E-state index is 13.5. The van der Waals surface area contributed by atoms with E-state index in [4.69, 9.17) is 0 Å². The van der Waals surface area contributed by atoms with Crippen molar-refractivity contribution in [3.8, 4) is 0 Å². The van der Waals surface area contributed by atoms with Gasteiger partial charge in [0.25, 0.3) is 0 Å². The van der Waals surface area contributed by atoms with E-state index in [1.165, 1.54) is 10.8 Å². The van der Waals surface area contributed by atoms with Crippen LogP contribution in [0.15, 0.2) is 103 Å². The molecule has 1 radical (unpaired) electrons. The lowest BCUT2D eigenvalue weighted by atomic mass is 9.93. The van der Waals surface area contributed by atoms with E-state index in [0.717, 1.165) is 37.9 Å².